The van der Waals surface area contributed by atoms with Gasteiger partial charge in [0.25, 0.3) is 0 Å². The molecule has 1 aromatic carbocycles. The lowest BCUT2D eigenvalue weighted by Gasteiger charge is -2.00. The van der Waals surface area contributed by atoms with Crippen molar-refractivity contribution in [1.82, 2.24) is 0 Å². The van der Waals surface area contributed by atoms with Gasteiger partial charge in [-0.3, -0.25) is 0 Å². The molecule has 0 aliphatic heterocycles. The number of allylic oxidation sites excluding steroid dienone is 1. The van der Waals surface area contributed by atoms with Crippen LogP contribution in [0.25, 0.3) is 6.08 Å². The Morgan fingerprint density at radius 1 is 1.36 bits per heavy atom. The van der Waals surface area contributed by atoms with Crippen molar-refractivity contribution in [3.63, 3.8) is 0 Å². The molecule has 1 aromatic rings. The van der Waals surface area contributed by atoms with Crippen LogP contribution in [0, 0.1) is 0 Å². The van der Waals surface area contributed by atoms with Gasteiger partial charge in [0.05, 0.1) is 0 Å². The first kappa shape index (κ1) is 6.62. The van der Waals surface area contributed by atoms with E-state index >= 15 is 0 Å². The summed E-state index contributed by atoms with van der Waals surface area (Å²) in [6.07, 6.45) is 5.43. The molecule has 0 unspecified atom stereocenters. The van der Waals surface area contributed by atoms with Crippen LogP contribution in [0.3, 0.4) is 0 Å². The van der Waals surface area contributed by atoms with Gasteiger partial charge in [-0.2, -0.15) is 0 Å². The first-order valence-electron chi connectivity index (χ1n) is 3.88. The number of benzene rings is 1. The van der Waals surface area contributed by atoms with Crippen LogP contribution in [-0.2, 0) is 13.0 Å². The van der Waals surface area contributed by atoms with Crippen LogP contribution in [0.5, 0.6) is 0 Å². The third-order valence-corrected chi connectivity index (χ3v) is 2.08. The first-order valence-corrected chi connectivity index (χ1v) is 3.88. The highest BCUT2D eigenvalue weighted by Gasteiger charge is 2.03. The van der Waals surface area contributed by atoms with E-state index in [-0.39, 0.29) is 0 Å². The van der Waals surface area contributed by atoms with Crippen molar-refractivity contribution in [2.75, 3.05) is 0 Å². The van der Waals surface area contributed by atoms with Crippen molar-refractivity contribution in [3.8, 4) is 0 Å². The van der Waals surface area contributed by atoms with Gasteiger partial charge in [-0.05, 0) is 23.1 Å². The fraction of sp³-hybridized carbons (Fsp3) is 0.200. The van der Waals surface area contributed by atoms with Crippen molar-refractivity contribution in [3.05, 3.63) is 41.0 Å². The van der Waals surface area contributed by atoms with Crippen molar-refractivity contribution in [2.45, 2.75) is 13.0 Å². The van der Waals surface area contributed by atoms with Gasteiger partial charge < -0.3 is 5.73 Å². The van der Waals surface area contributed by atoms with Gasteiger partial charge >= 0.3 is 0 Å². The van der Waals surface area contributed by atoms with Gasteiger partial charge in [-0.1, -0.05) is 30.4 Å². The zero-order chi connectivity index (χ0) is 7.68. The number of nitrogens with two attached hydrogens (primary N) is 1. The minimum Gasteiger partial charge on any atom is -0.326 e. The Morgan fingerprint density at radius 3 is 3.09 bits per heavy atom. The van der Waals surface area contributed by atoms with Crippen molar-refractivity contribution in [1.29, 1.82) is 0 Å². The van der Waals surface area contributed by atoms with Crippen LogP contribution in [0.4, 0.5) is 0 Å². The second-order valence-electron chi connectivity index (χ2n) is 2.84. The molecular weight excluding hydrogens is 134 g/mol. The lowest BCUT2D eigenvalue weighted by atomic mass is 10.1. The molecule has 0 bridgehead atoms. The molecule has 0 radical (unpaired) electrons. The summed E-state index contributed by atoms with van der Waals surface area (Å²) in [7, 11) is 0. The van der Waals surface area contributed by atoms with E-state index in [1.54, 1.807) is 0 Å². The second kappa shape index (κ2) is 2.51. The van der Waals surface area contributed by atoms with E-state index in [4.69, 9.17) is 5.73 Å². The predicted octanol–water partition coefficient (Wildman–Crippen LogP) is 1.71. The lowest BCUT2D eigenvalue weighted by Crippen LogP contribution is -1.96. The summed E-state index contributed by atoms with van der Waals surface area (Å²) in [4.78, 5) is 0. The molecule has 0 heterocycles. The zero-order valence-electron chi connectivity index (χ0n) is 6.38. The third kappa shape index (κ3) is 1.08. The highest BCUT2D eigenvalue weighted by Crippen LogP contribution is 2.20. The normalized spacial score (nSPS) is 13.5. The average molecular weight is 145 g/mol. The van der Waals surface area contributed by atoms with Crippen molar-refractivity contribution >= 4 is 6.08 Å². The van der Waals surface area contributed by atoms with E-state index in [0.29, 0.717) is 6.54 Å². The Bertz CT molecular complexity index is 300. The summed E-state index contributed by atoms with van der Waals surface area (Å²) >= 11 is 0. The molecule has 0 amide bonds. The maximum Gasteiger partial charge on any atom is 0.0178 e. The first-order chi connectivity index (χ1) is 5.40. The Hall–Kier alpha value is -1.08. The molecule has 1 aliphatic carbocycles. The third-order valence-electron chi connectivity index (χ3n) is 2.08. The minimum absolute atomic E-state index is 0.640. The monoisotopic (exact) mass is 145 g/mol. The van der Waals surface area contributed by atoms with Gasteiger partial charge in [0.1, 0.15) is 0 Å². The molecule has 11 heavy (non-hydrogen) atoms. The van der Waals surface area contributed by atoms with Crippen LogP contribution in [-0.4, -0.2) is 0 Å². The molecule has 1 nitrogen and oxygen atoms in total. The van der Waals surface area contributed by atoms with E-state index < -0.39 is 0 Å². The molecule has 0 fully saturated rings. The van der Waals surface area contributed by atoms with Gasteiger partial charge in [-0.15, -0.1) is 0 Å². The maximum absolute atomic E-state index is 5.52. The molecular formula is C10H11N. The van der Waals surface area contributed by atoms with Crippen LogP contribution in [0.1, 0.15) is 16.7 Å². The molecule has 0 atom stereocenters. The highest BCUT2D eigenvalue weighted by atomic mass is 14.5. The van der Waals surface area contributed by atoms with E-state index in [9.17, 15) is 0 Å². The Morgan fingerprint density at radius 2 is 2.27 bits per heavy atom. The second-order valence-corrected chi connectivity index (χ2v) is 2.84. The summed E-state index contributed by atoms with van der Waals surface area (Å²) < 4.78 is 0. The fourth-order valence-electron chi connectivity index (χ4n) is 1.43. The molecule has 0 aromatic heterocycles. The SMILES string of the molecule is NCc1ccc2c(c1)C=CC2. The molecule has 0 saturated carbocycles. The molecule has 2 N–H and O–H groups in total. The maximum atomic E-state index is 5.52. The summed E-state index contributed by atoms with van der Waals surface area (Å²) in [5.41, 5.74) is 9.50. The number of rotatable bonds is 1. The average Bonchev–Trinajstić information content (AvgIpc) is 2.50. The number of fused-ring (bicyclic) bond motifs is 1. The van der Waals surface area contributed by atoms with Crippen LogP contribution < -0.4 is 5.73 Å². The highest BCUT2D eigenvalue weighted by molar-refractivity contribution is 5.60. The number of hydrogen-bond acceptors (Lipinski definition) is 1. The van der Waals surface area contributed by atoms with Crippen molar-refractivity contribution < 1.29 is 0 Å². The lowest BCUT2D eigenvalue weighted by molar-refractivity contribution is 1.07. The van der Waals surface area contributed by atoms with Crippen LogP contribution in [0.15, 0.2) is 24.3 Å². The van der Waals surface area contributed by atoms with E-state index in [1.165, 1.54) is 16.7 Å². The Kier molecular flexibility index (Phi) is 1.51. The molecule has 56 valence electrons. The Labute approximate surface area is 66.5 Å². The van der Waals surface area contributed by atoms with Gasteiger partial charge in [0.2, 0.25) is 0 Å². The molecule has 0 spiro atoms. The topological polar surface area (TPSA) is 26.0 Å². The summed E-state index contributed by atoms with van der Waals surface area (Å²) in [5.74, 6) is 0. The fourth-order valence-corrected chi connectivity index (χ4v) is 1.43. The zero-order valence-corrected chi connectivity index (χ0v) is 6.38. The Balaban J connectivity index is 2.47. The molecule has 1 heteroatoms. The van der Waals surface area contributed by atoms with E-state index in [0.717, 1.165) is 6.42 Å². The molecule has 1 aliphatic rings. The van der Waals surface area contributed by atoms with E-state index in [1.807, 2.05) is 0 Å². The molecule has 2 rings (SSSR count). The smallest absolute Gasteiger partial charge is 0.0178 e. The standard InChI is InChI=1S/C10H11N/c11-7-8-4-5-9-2-1-3-10(9)6-8/h1,3-6H,2,7,11H2. The minimum atomic E-state index is 0.640. The van der Waals surface area contributed by atoms with Gasteiger partial charge in [0, 0.05) is 6.54 Å². The van der Waals surface area contributed by atoms with E-state index in [2.05, 4.69) is 30.4 Å². The number of hydrogen-bond donors (Lipinski definition) is 1. The molecule has 0 saturated heterocycles. The predicted molar refractivity (Wildman–Crippen MR) is 47.1 cm³/mol. The van der Waals surface area contributed by atoms with Gasteiger partial charge in [0.15, 0.2) is 0 Å². The van der Waals surface area contributed by atoms with Gasteiger partial charge in [-0.25, -0.2) is 0 Å². The quantitative estimate of drug-likeness (QED) is 0.639. The summed E-state index contributed by atoms with van der Waals surface area (Å²) in [6, 6.07) is 6.43. The summed E-state index contributed by atoms with van der Waals surface area (Å²) in [6.45, 7) is 0.640. The summed E-state index contributed by atoms with van der Waals surface area (Å²) in [5, 5.41) is 0. The largest absolute Gasteiger partial charge is 0.326 e. The van der Waals surface area contributed by atoms with Crippen LogP contribution in [0.2, 0.25) is 0 Å². The van der Waals surface area contributed by atoms with Crippen molar-refractivity contribution in [2.24, 2.45) is 5.73 Å². The van der Waals surface area contributed by atoms with Crippen LogP contribution >= 0.6 is 0 Å².